The summed E-state index contributed by atoms with van der Waals surface area (Å²) in [5.41, 5.74) is 1.25. The SMILES string of the molecule is COc1ccc(N2CCC(N3C[C@@H](C(=O)O)[C@H](C4CC4)C3)CC2)cc1. The van der Waals surface area contributed by atoms with E-state index in [2.05, 4.69) is 21.9 Å². The van der Waals surface area contributed by atoms with Gasteiger partial charge in [0, 0.05) is 37.9 Å². The minimum atomic E-state index is -0.588. The summed E-state index contributed by atoms with van der Waals surface area (Å²) in [6.07, 6.45) is 4.71. The zero-order valence-corrected chi connectivity index (χ0v) is 14.9. The number of ether oxygens (including phenoxy) is 1. The number of piperidine rings is 1. The van der Waals surface area contributed by atoms with Crippen LogP contribution in [0.25, 0.3) is 0 Å². The summed E-state index contributed by atoms with van der Waals surface area (Å²) in [4.78, 5) is 16.5. The van der Waals surface area contributed by atoms with Crippen molar-refractivity contribution in [3.8, 4) is 5.75 Å². The minimum absolute atomic E-state index is 0.146. The molecule has 0 unspecified atom stereocenters. The largest absolute Gasteiger partial charge is 0.497 e. The fourth-order valence-corrected chi connectivity index (χ4v) is 4.70. The highest BCUT2D eigenvalue weighted by Gasteiger charge is 2.47. The molecule has 1 aliphatic carbocycles. The van der Waals surface area contributed by atoms with E-state index in [0.717, 1.165) is 44.8 Å². The molecule has 0 spiro atoms. The van der Waals surface area contributed by atoms with Gasteiger partial charge in [-0.25, -0.2) is 0 Å². The number of hydrogen-bond acceptors (Lipinski definition) is 4. The van der Waals surface area contributed by atoms with Crippen molar-refractivity contribution in [2.75, 3.05) is 38.2 Å². The van der Waals surface area contributed by atoms with Crippen LogP contribution in [0.4, 0.5) is 5.69 Å². The molecule has 0 radical (unpaired) electrons. The molecule has 4 rings (SSSR count). The second-order valence-corrected chi connectivity index (χ2v) is 7.82. The van der Waals surface area contributed by atoms with Gasteiger partial charge < -0.3 is 14.7 Å². The number of carboxylic acids is 1. The van der Waals surface area contributed by atoms with Crippen molar-refractivity contribution in [1.29, 1.82) is 0 Å². The molecule has 2 atom stereocenters. The van der Waals surface area contributed by atoms with Gasteiger partial charge in [-0.1, -0.05) is 0 Å². The molecule has 0 bridgehead atoms. The summed E-state index contributed by atoms with van der Waals surface area (Å²) < 4.78 is 5.23. The molecule has 25 heavy (non-hydrogen) atoms. The van der Waals surface area contributed by atoms with Crippen LogP contribution in [-0.4, -0.2) is 55.3 Å². The van der Waals surface area contributed by atoms with Crippen LogP contribution in [0.15, 0.2) is 24.3 Å². The maximum atomic E-state index is 11.6. The van der Waals surface area contributed by atoms with Gasteiger partial charge in [0.15, 0.2) is 0 Å². The predicted octanol–water partition coefficient (Wildman–Crippen LogP) is 2.71. The highest BCUT2D eigenvalue weighted by molar-refractivity contribution is 5.71. The first-order chi connectivity index (χ1) is 12.2. The highest BCUT2D eigenvalue weighted by atomic mass is 16.5. The smallest absolute Gasteiger partial charge is 0.308 e. The molecule has 1 aromatic carbocycles. The number of benzene rings is 1. The average Bonchev–Trinajstić information content (AvgIpc) is 3.40. The lowest BCUT2D eigenvalue weighted by atomic mass is 9.92. The molecule has 3 fully saturated rings. The van der Waals surface area contributed by atoms with Crippen LogP contribution < -0.4 is 9.64 Å². The van der Waals surface area contributed by atoms with Crippen molar-refractivity contribution in [3.05, 3.63) is 24.3 Å². The summed E-state index contributed by atoms with van der Waals surface area (Å²) in [5.74, 6) is 1.21. The van der Waals surface area contributed by atoms with Gasteiger partial charge in [0.1, 0.15) is 5.75 Å². The van der Waals surface area contributed by atoms with Crippen LogP contribution in [0, 0.1) is 17.8 Å². The topological polar surface area (TPSA) is 53.0 Å². The Balaban J connectivity index is 1.34. The molecule has 1 aromatic rings. The molecule has 5 nitrogen and oxygen atoms in total. The number of carbonyl (C=O) groups is 1. The number of likely N-dealkylation sites (tertiary alicyclic amines) is 1. The number of anilines is 1. The average molecular weight is 344 g/mol. The molecule has 5 heteroatoms. The molecule has 1 saturated carbocycles. The van der Waals surface area contributed by atoms with Crippen LogP contribution in [0.1, 0.15) is 25.7 Å². The lowest BCUT2D eigenvalue weighted by molar-refractivity contribution is -0.142. The first-order valence-corrected chi connectivity index (χ1v) is 9.51. The van der Waals surface area contributed by atoms with Crippen LogP contribution in [0.2, 0.25) is 0 Å². The van der Waals surface area contributed by atoms with E-state index in [1.807, 2.05) is 12.1 Å². The second-order valence-electron chi connectivity index (χ2n) is 7.82. The Labute approximate surface area is 149 Å². The van der Waals surface area contributed by atoms with E-state index in [9.17, 15) is 9.90 Å². The molecule has 0 aromatic heterocycles. The zero-order valence-electron chi connectivity index (χ0n) is 14.9. The Morgan fingerprint density at radius 2 is 1.76 bits per heavy atom. The summed E-state index contributed by atoms with van der Waals surface area (Å²) in [6, 6.07) is 8.82. The lowest BCUT2D eigenvalue weighted by Gasteiger charge is -2.38. The minimum Gasteiger partial charge on any atom is -0.497 e. The first kappa shape index (κ1) is 16.7. The fourth-order valence-electron chi connectivity index (χ4n) is 4.70. The summed E-state index contributed by atoms with van der Waals surface area (Å²) >= 11 is 0. The number of carboxylic acid groups (broad SMARTS) is 1. The second kappa shape index (κ2) is 6.87. The molecular formula is C20H28N2O3. The maximum absolute atomic E-state index is 11.6. The van der Waals surface area contributed by atoms with Gasteiger partial charge in [-0.2, -0.15) is 0 Å². The van der Waals surface area contributed by atoms with Crippen molar-refractivity contribution in [2.24, 2.45) is 17.8 Å². The number of nitrogens with zero attached hydrogens (tertiary/aromatic N) is 2. The van der Waals surface area contributed by atoms with Crippen molar-refractivity contribution in [3.63, 3.8) is 0 Å². The van der Waals surface area contributed by atoms with Crippen LogP contribution in [0.3, 0.4) is 0 Å². The van der Waals surface area contributed by atoms with Gasteiger partial charge in [0.2, 0.25) is 0 Å². The normalized spacial score (nSPS) is 28.3. The molecule has 2 heterocycles. The maximum Gasteiger partial charge on any atom is 0.308 e. The Hall–Kier alpha value is -1.75. The van der Waals surface area contributed by atoms with E-state index in [1.54, 1.807) is 7.11 Å². The molecular weight excluding hydrogens is 316 g/mol. The lowest BCUT2D eigenvalue weighted by Crippen LogP contribution is -2.44. The summed E-state index contributed by atoms with van der Waals surface area (Å²) in [6.45, 7) is 3.83. The Bertz CT molecular complexity index is 606. The van der Waals surface area contributed by atoms with Crippen molar-refractivity contribution in [2.45, 2.75) is 31.7 Å². The van der Waals surface area contributed by atoms with E-state index < -0.39 is 5.97 Å². The summed E-state index contributed by atoms with van der Waals surface area (Å²) in [7, 11) is 1.69. The Kier molecular flexibility index (Phi) is 4.59. The zero-order chi connectivity index (χ0) is 17.4. The third-order valence-corrected chi connectivity index (χ3v) is 6.36. The van der Waals surface area contributed by atoms with Gasteiger partial charge in [0.25, 0.3) is 0 Å². The van der Waals surface area contributed by atoms with Crippen LogP contribution in [-0.2, 0) is 4.79 Å². The van der Waals surface area contributed by atoms with E-state index in [0.29, 0.717) is 17.9 Å². The van der Waals surface area contributed by atoms with Crippen molar-refractivity contribution in [1.82, 2.24) is 4.90 Å². The third-order valence-electron chi connectivity index (χ3n) is 6.36. The van der Waals surface area contributed by atoms with E-state index in [-0.39, 0.29) is 5.92 Å². The first-order valence-electron chi connectivity index (χ1n) is 9.51. The van der Waals surface area contributed by atoms with Crippen LogP contribution in [0.5, 0.6) is 5.75 Å². The third kappa shape index (κ3) is 3.47. The number of aliphatic carboxylic acids is 1. The molecule has 0 amide bonds. The van der Waals surface area contributed by atoms with E-state index in [1.165, 1.54) is 18.5 Å². The monoisotopic (exact) mass is 344 g/mol. The van der Waals surface area contributed by atoms with Gasteiger partial charge >= 0.3 is 5.97 Å². The molecule has 136 valence electrons. The highest BCUT2D eigenvalue weighted by Crippen LogP contribution is 2.45. The van der Waals surface area contributed by atoms with Gasteiger partial charge in [-0.3, -0.25) is 9.69 Å². The van der Waals surface area contributed by atoms with Crippen molar-refractivity contribution >= 4 is 11.7 Å². The molecule has 2 saturated heterocycles. The number of hydrogen-bond donors (Lipinski definition) is 1. The summed E-state index contributed by atoms with van der Waals surface area (Å²) in [5, 5.41) is 9.56. The number of methoxy groups -OCH3 is 1. The van der Waals surface area contributed by atoms with Gasteiger partial charge in [-0.05, 0) is 61.8 Å². The number of rotatable bonds is 5. The van der Waals surface area contributed by atoms with Crippen molar-refractivity contribution < 1.29 is 14.6 Å². The Morgan fingerprint density at radius 3 is 2.32 bits per heavy atom. The van der Waals surface area contributed by atoms with Crippen LogP contribution >= 0.6 is 0 Å². The predicted molar refractivity (Wildman–Crippen MR) is 97.1 cm³/mol. The molecule has 1 N–H and O–H groups in total. The van der Waals surface area contributed by atoms with E-state index in [4.69, 9.17) is 4.74 Å². The Morgan fingerprint density at radius 1 is 1.08 bits per heavy atom. The molecule has 3 aliphatic rings. The van der Waals surface area contributed by atoms with E-state index >= 15 is 0 Å². The molecule has 2 aliphatic heterocycles. The standard InChI is InChI=1S/C20H28N2O3/c1-25-17-6-4-15(5-7-17)21-10-8-16(9-11-21)22-12-18(14-2-3-14)19(13-22)20(23)24/h4-7,14,16,18-19H,2-3,8-13H2,1H3,(H,23,24)/t18-,19+/m0/s1. The quantitative estimate of drug-likeness (QED) is 0.890. The fraction of sp³-hybridized carbons (Fsp3) is 0.650. The van der Waals surface area contributed by atoms with Gasteiger partial charge in [0.05, 0.1) is 13.0 Å². The van der Waals surface area contributed by atoms with Gasteiger partial charge in [-0.15, -0.1) is 0 Å².